The molecule has 1 nitrogen and oxygen atoms in total. The Kier molecular flexibility index (Phi) is 2.81. The zero-order valence-corrected chi connectivity index (χ0v) is 9.28. The molecule has 0 saturated heterocycles. The van der Waals surface area contributed by atoms with E-state index in [4.69, 9.17) is 11.6 Å². The zero-order valence-electron chi connectivity index (χ0n) is 6.94. The third kappa shape index (κ3) is 2.00. The maximum absolute atomic E-state index is 9.71. The minimum absolute atomic E-state index is 0.620. The SMILES string of the molecule is CC(C)(O)c1cccc(Cl)c1Br. The lowest BCUT2D eigenvalue weighted by Gasteiger charge is -2.19. The number of benzene rings is 1. The van der Waals surface area contributed by atoms with Gasteiger partial charge in [-0.2, -0.15) is 0 Å². The number of hydrogen-bond acceptors (Lipinski definition) is 1. The lowest BCUT2D eigenvalue weighted by Crippen LogP contribution is -2.16. The number of hydrogen-bond donors (Lipinski definition) is 1. The third-order valence-electron chi connectivity index (χ3n) is 1.61. The predicted molar refractivity (Wildman–Crippen MR) is 54.4 cm³/mol. The van der Waals surface area contributed by atoms with Gasteiger partial charge in [-0.25, -0.2) is 0 Å². The standard InChI is InChI=1S/C9H10BrClO/c1-9(2,12)6-4-3-5-7(11)8(6)10/h3-5,12H,1-2H3. The summed E-state index contributed by atoms with van der Waals surface area (Å²) in [6.07, 6.45) is 0. The Labute approximate surface area is 85.5 Å². The molecule has 0 fully saturated rings. The van der Waals surface area contributed by atoms with Crippen LogP contribution in [0.3, 0.4) is 0 Å². The number of rotatable bonds is 1. The second-order valence-corrected chi connectivity index (χ2v) is 4.36. The summed E-state index contributed by atoms with van der Waals surface area (Å²) >= 11 is 9.19. The largest absolute Gasteiger partial charge is 0.386 e. The van der Waals surface area contributed by atoms with Gasteiger partial charge in [0, 0.05) is 4.47 Å². The van der Waals surface area contributed by atoms with E-state index in [0.29, 0.717) is 5.02 Å². The molecule has 1 N–H and O–H groups in total. The summed E-state index contributed by atoms with van der Waals surface area (Å²) in [6.45, 7) is 3.45. The van der Waals surface area contributed by atoms with E-state index in [1.165, 1.54) is 0 Å². The van der Waals surface area contributed by atoms with Crippen molar-refractivity contribution in [1.82, 2.24) is 0 Å². The summed E-state index contributed by atoms with van der Waals surface area (Å²) in [5, 5.41) is 10.3. The summed E-state index contributed by atoms with van der Waals surface area (Å²) in [5.74, 6) is 0. The van der Waals surface area contributed by atoms with Crippen LogP contribution in [0, 0.1) is 0 Å². The maximum Gasteiger partial charge on any atom is 0.0851 e. The minimum Gasteiger partial charge on any atom is -0.386 e. The fraction of sp³-hybridized carbons (Fsp3) is 0.333. The van der Waals surface area contributed by atoms with E-state index < -0.39 is 5.60 Å². The van der Waals surface area contributed by atoms with Gasteiger partial charge in [-0.05, 0) is 41.4 Å². The van der Waals surface area contributed by atoms with Gasteiger partial charge in [-0.15, -0.1) is 0 Å². The Balaban J connectivity index is 3.26. The molecule has 0 spiro atoms. The summed E-state index contributed by atoms with van der Waals surface area (Å²) in [4.78, 5) is 0. The lowest BCUT2D eigenvalue weighted by molar-refractivity contribution is 0.0778. The topological polar surface area (TPSA) is 20.2 Å². The molecule has 0 saturated carbocycles. The summed E-state index contributed by atoms with van der Waals surface area (Å²) < 4.78 is 0.763. The van der Waals surface area contributed by atoms with Crippen LogP contribution in [0.15, 0.2) is 22.7 Å². The third-order valence-corrected chi connectivity index (χ3v) is 3.01. The molecule has 1 rings (SSSR count). The fourth-order valence-electron chi connectivity index (χ4n) is 0.976. The second-order valence-electron chi connectivity index (χ2n) is 3.16. The van der Waals surface area contributed by atoms with E-state index >= 15 is 0 Å². The first kappa shape index (κ1) is 10.0. The van der Waals surface area contributed by atoms with E-state index in [1.807, 2.05) is 12.1 Å². The number of aliphatic hydroxyl groups is 1. The first-order chi connectivity index (χ1) is 5.43. The van der Waals surface area contributed by atoms with Crippen LogP contribution >= 0.6 is 27.5 Å². The fourth-order valence-corrected chi connectivity index (χ4v) is 1.90. The quantitative estimate of drug-likeness (QED) is 0.809. The van der Waals surface area contributed by atoms with Gasteiger partial charge in [0.1, 0.15) is 0 Å². The Hall–Kier alpha value is -0.0500. The van der Waals surface area contributed by atoms with Gasteiger partial charge < -0.3 is 5.11 Å². The highest BCUT2D eigenvalue weighted by molar-refractivity contribution is 9.10. The van der Waals surface area contributed by atoms with E-state index in [-0.39, 0.29) is 0 Å². The van der Waals surface area contributed by atoms with Gasteiger partial charge in [0.25, 0.3) is 0 Å². The normalized spacial score (nSPS) is 11.8. The monoisotopic (exact) mass is 248 g/mol. The predicted octanol–water partition coefficient (Wildman–Crippen LogP) is 3.33. The highest BCUT2D eigenvalue weighted by Crippen LogP contribution is 2.32. The van der Waals surface area contributed by atoms with Gasteiger partial charge in [0.15, 0.2) is 0 Å². The molecule has 1 aromatic carbocycles. The van der Waals surface area contributed by atoms with Crippen molar-refractivity contribution in [3.8, 4) is 0 Å². The average Bonchev–Trinajstić information content (AvgIpc) is 1.92. The summed E-state index contributed by atoms with van der Waals surface area (Å²) in [6, 6.07) is 5.44. The molecule has 0 aliphatic heterocycles. The van der Waals surface area contributed by atoms with Crippen LogP contribution in [0.25, 0.3) is 0 Å². The molecule has 12 heavy (non-hydrogen) atoms. The number of halogens is 2. The van der Waals surface area contributed by atoms with Gasteiger partial charge in [0.2, 0.25) is 0 Å². The molecule has 3 heteroatoms. The molecule has 0 amide bonds. The highest BCUT2D eigenvalue weighted by Gasteiger charge is 2.19. The molecule has 0 atom stereocenters. The van der Waals surface area contributed by atoms with Crippen molar-refractivity contribution < 1.29 is 5.11 Å². The second kappa shape index (κ2) is 3.36. The first-order valence-electron chi connectivity index (χ1n) is 3.60. The Morgan fingerprint density at radius 3 is 2.42 bits per heavy atom. The Morgan fingerprint density at radius 1 is 1.42 bits per heavy atom. The van der Waals surface area contributed by atoms with E-state index in [0.717, 1.165) is 10.0 Å². The van der Waals surface area contributed by atoms with Crippen molar-refractivity contribution in [1.29, 1.82) is 0 Å². The van der Waals surface area contributed by atoms with Crippen molar-refractivity contribution in [2.45, 2.75) is 19.4 Å². The smallest absolute Gasteiger partial charge is 0.0851 e. The van der Waals surface area contributed by atoms with E-state index in [9.17, 15) is 5.11 Å². The van der Waals surface area contributed by atoms with E-state index in [1.54, 1.807) is 19.9 Å². The average molecular weight is 250 g/mol. The molecule has 0 aromatic heterocycles. The molecule has 0 heterocycles. The van der Waals surface area contributed by atoms with Crippen LogP contribution in [-0.4, -0.2) is 5.11 Å². The Bertz CT molecular complexity index is 291. The van der Waals surface area contributed by atoms with Crippen LogP contribution in [-0.2, 0) is 5.60 Å². The first-order valence-corrected chi connectivity index (χ1v) is 4.77. The van der Waals surface area contributed by atoms with Crippen LogP contribution in [0.4, 0.5) is 0 Å². The van der Waals surface area contributed by atoms with Crippen molar-refractivity contribution in [3.05, 3.63) is 33.3 Å². The molecule has 0 unspecified atom stereocenters. The molecule has 1 aromatic rings. The van der Waals surface area contributed by atoms with Crippen LogP contribution < -0.4 is 0 Å². The molecule has 0 aliphatic carbocycles. The molecule has 0 bridgehead atoms. The Morgan fingerprint density at radius 2 is 2.00 bits per heavy atom. The molecular formula is C9H10BrClO. The molecule has 0 radical (unpaired) electrons. The van der Waals surface area contributed by atoms with Crippen LogP contribution in [0.2, 0.25) is 5.02 Å². The summed E-state index contributed by atoms with van der Waals surface area (Å²) in [5.41, 5.74) is -0.0565. The van der Waals surface area contributed by atoms with Gasteiger partial charge in [-0.3, -0.25) is 0 Å². The zero-order chi connectivity index (χ0) is 9.35. The minimum atomic E-state index is -0.857. The van der Waals surface area contributed by atoms with Crippen molar-refractivity contribution in [2.24, 2.45) is 0 Å². The maximum atomic E-state index is 9.71. The highest BCUT2D eigenvalue weighted by atomic mass is 79.9. The van der Waals surface area contributed by atoms with Gasteiger partial charge in [0.05, 0.1) is 10.6 Å². The van der Waals surface area contributed by atoms with Gasteiger partial charge >= 0.3 is 0 Å². The van der Waals surface area contributed by atoms with Crippen LogP contribution in [0.1, 0.15) is 19.4 Å². The lowest BCUT2D eigenvalue weighted by atomic mass is 9.99. The van der Waals surface area contributed by atoms with Crippen LogP contribution in [0.5, 0.6) is 0 Å². The molecule has 0 aliphatic rings. The van der Waals surface area contributed by atoms with Crippen molar-refractivity contribution >= 4 is 27.5 Å². The molecular weight excluding hydrogens is 239 g/mol. The van der Waals surface area contributed by atoms with Gasteiger partial charge in [-0.1, -0.05) is 23.7 Å². The van der Waals surface area contributed by atoms with Crippen molar-refractivity contribution in [2.75, 3.05) is 0 Å². The molecule has 66 valence electrons. The van der Waals surface area contributed by atoms with Crippen molar-refractivity contribution in [3.63, 3.8) is 0 Å². The van der Waals surface area contributed by atoms with E-state index in [2.05, 4.69) is 15.9 Å². The summed E-state index contributed by atoms with van der Waals surface area (Å²) in [7, 11) is 0.